The van der Waals surface area contributed by atoms with Crippen LogP contribution in [-0.4, -0.2) is 34.6 Å². The summed E-state index contributed by atoms with van der Waals surface area (Å²) in [6.45, 7) is 2.14. The first-order valence-electron chi connectivity index (χ1n) is 4.91. The molecule has 0 radical (unpaired) electrons. The zero-order valence-corrected chi connectivity index (χ0v) is 9.16. The number of nitrogens with one attached hydrogen (secondary N) is 2. The summed E-state index contributed by atoms with van der Waals surface area (Å²) in [6.07, 6.45) is 2.30. The minimum Gasteiger partial charge on any atom is -0.467 e. The number of aromatic nitrogens is 3. The number of methoxy groups -OCH3 is 1. The van der Waals surface area contributed by atoms with Crippen molar-refractivity contribution in [3.05, 3.63) is 0 Å². The summed E-state index contributed by atoms with van der Waals surface area (Å²) in [5.41, 5.74) is 0.150. The maximum atomic E-state index is 4.99. The van der Waals surface area contributed by atoms with E-state index in [-0.39, 0.29) is 5.54 Å². The maximum absolute atomic E-state index is 4.99. The van der Waals surface area contributed by atoms with E-state index >= 15 is 0 Å². The molecule has 1 saturated carbocycles. The highest BCUT2D eigenvalue weighted by Crippen LogP contribution is 2.37. The molecule has 1 aromatic rings. The van der Waals surface area contributed by atoms with Crippen LogP contribution in [0.5, 0.6) is 6.01 Å². The van der Waals surface area contributed by atoms with Gasteiger partial charge in [0.15, 0.2) is 0 Å². The number of rotatable bonds is 4. The quantitative estimate of drug-likeness (QED) is 0.767. The number of hydrogen-bond donors (Lipinski definition) is 2. The van der Waals surface area contributed by atoms with Gasteiger partial charge in [0.2, 0.25) is 11.9 Å². The Kier molecular flexibility index (Phi) is 2.34. The molecule has 2 rings (SSSR count). The van der Waals surface area contributed by atoms with Crippen molar-refractivity contribution >= 4 is 11.9 Å². The molecule has 0 saturated heterocycles. The second kappa shape index (κ2) is 3.52. The van der Waals surface area contributed by atoms with Crippen LogP contribution in [0.4, 0.5) is 11.9 Å². The molecule has 15 heavy (non-hydrogen) atoms. The molecule has 0 bridgehead atoms. The van der Waals surface area contributed by atoms with Crippen LogP contribution in [0.25, 0.3) is 0 Å². The topological polar surface area (TPSA) is 72.0 Å². The van der Waals surface area contributed by atoms with Gasteiger partial charge in [-0.05, 0) is 19.8 Å². The maximum Gasteiger partial charge on any atom is 0.322 e. The third-order valence-electron chi connectivity index (χ3n) is 2.43. The summed E-state index contributed by atoms with van der Waals surface area (Å²) in [5.74, 6) is 1.07. The van der Waals surface area contributed by atoms with E-state index in [2.05, 4.69) is 32.5 Å². The highest BCUT2D eigenvalue weighted by molar-refractivity contribution is 5.39. The van der Waals surface area contributed by atoms with E-state index in [9.17, 15) is 0 Å². The van der Waals surface area contributed by atoms with Gasteiger partial charge in [-0.25, -0.2) is 0 Å². The monoisotopic (exact) mass is 209 g/mol. The smallest absolute Gasteiger partial charge is 0.322 e. The van der Waals surface area contributed by atoms with Gasteiger partial charge in [-0.3, -0.25) is 0 Å². The van der Waals surface area contributed by atoms with E-state index in [1.165, 1.54) is 7.11 Å². The molecule has 0 spiro atoms. The van der Waals surface area contributed by atoms with Crippen molar-refractivity contribution in [2.75, 3.05) is 24.8 Å². The largest absolute Gasteiger partial charge is 0.467 e. The van der Waals surface area contributed by atoms with Crippen LogP contribution in [0.15, 0.2) is 0 Å². The lowest BCUT2D eigenvalue weighted by Crippen LogP contribution is -2.19. The zero-order chi connectivity index (χ0) is 10.9. The van der Waals surface area contributed by atoms with Crippen molar-refractivity contribution in [1.82, 2.24) is 15.0 Å². The Labute approximate surface area is 88.5 Å². The number of anilines is 2. The highest BCUT2D eigenvalue weighted by Gasteiger charge is 2.38. The van der Waals surface area contributed by atoms with Gasteiger partial charge in [0.25, 0.3) is 0 Å². The second-order valence-corrected chi connectivity index (χ2v) is 3.90. The molecule has 0 unspecified atom stereocenters. The third kappa shape index (κ3) is 2.26. The Hall–Kier alpha value is -1.59. The van der Waals surface area contributed by atoms with E-state index in [0.717, 1.165) is 12.8 Å². The van der Waals surface area contributed by atoms with Crippen molar-refractivity contribution in [2.45, 2.75) is 25.3 Å². The van der Waals surface area contributed by atoms with Gasteiger partial charge < -0.3 is 15.4 Å². The fourth-order valence-electron chi connectivity index (χ4n) is 1.20. The Balaban J connectivity index is 2.21. The van der Waals surface area contributed by atoms with Crippen LogP contribution >= 0.6 is 0 Å². The number of hydrogen-bond acceptors (Lipinski definition) is 6. The predicted octanol–water partition coefficient (Wildman–Crippen LogP) is 0.886. The van der Waals surface area contributed by atoms with E-state index < -0.39 is 0 Å². The molecule has 6 nitrogen and oxygen atoms in total. The molecular weight excluding hydrogens is 194 g/mol. The highest BCUT2D eigenvalue weighted by atomic mass is 16.5. The zero-order valence-electron chi connectivity index (χ0n) is 9.16. The fourth-order valence-corrected chi connectivity index (χ4v) is 1.20. The summed E-state index contributed by atoms with van der Waals surface area (Å²) < 4.78 is 4.99. The molecule has 82 valence electrons. The first kappa shape index (κ1) is 9.95. The Bertz CT molecular complexity index is 341. The van der Waals surface area contributed by atoms with Crippen molar-refractivity contribution in [3.63, 3.8) is 0 Å². The van der Waals surface area contributed by atoms with Crippen molar-refractivity contribution in [1.29, 1.82) is 0 Å². The molecule has 6 heteroatoms. The average molecular weight is 209 g/mol. The molecule has 0 atom stereocenters. The molecular formula is C9H15N5O. The van der Waals surface area contributed by atoms with Crippen LogP contribution in [0.2, 0.25) is 0 Å². The van der Waals surface area contributed by atoms with Crippen molar-refractivity contribution < 1.29 is 4.74 Å². The van der Waals surface area contributed by atoms with Gasteiger partial charge >= 0.3 is 6.01 Å². The molecule has 1 aliphatic rings. The van der Waals surface area contributed by atoms with E-state index in [0.29, 0.717) is 17.9 Å². The SMILES string of the molecule is CNc1nc(NC2(C)CC2)nc(OC)n1. The van der Waals surface area contributed by atoms with E-state index in [1.807, 2.05) is 0 Å². The first-order chi connectivity index (χ1) is 7.15. The van der Waals surface area contributed by atoms with Crippen LogP contribution in [0.1, 0.15) is 19.8 Å². The van der Waals surface area contributed by atoms with Gasteiger partial charge in [-0.2, -0.15) is 15.0 Å². The van der Waals surface area contributed by atoms with E-state index in [1.54, 1.807) is 7.05 Å². The lowest BCUT2D eigenvalue weighted by atomic mass is 10.3. The third-order valence-corrected chi connectivity index (χ3v) is 2.43. The lowest BCUT2D eigenvalue weighted by Gasteiger charge is -2.12. The number of ether oxygens (including phenoxy) is 1. The van der Waals surface area contributed by atoms with Crippen molar-refractivity contribution in [2.24, 2.45) is 0 Å². The standard InChI is InChI=1S/C9H15N5O/c1-9(4-5-9)14-7-11-6(10-2)12-8(13-7)15-3/h4-5H2,1-3H3,(H2,10,11,12,13,14). The molecule has 1 heterocycles. The predicted molar refractivity (Wildman–Crippen MR) is 57.2 cm³/mol. The molecule has 1 fully saturated rings. The van der Waals surface area contributed by atoms with Crippen LogP contribution in [0.3, 0.4) is 0 Å². The summed E-state index contributed by atoms with van der Waals surface area (Å²) >= 11 is 0. The summed E-state index contributed by atoms with van der Waals surface area (Å²) in [7, 11) is 3.30. The molecule has 1 aliphatic carbocycles. The van der Waals surface area contributed by atoms with Crippen LogP contribution in [0, 0.1) is 0 Å². The molecule has 0 aliphatic heterocycles. The first-order valence-corrected chi connectivity index (χ1v) is 4.91. The van der Waals surface area contributed by atoms with Gasteiger partial charge in [-0.1, -0.05) is 0 Å². The van der Waals surface area contributed by atoms with E-state index in [4.69, 9.17) is 4.74 Å². The van der Waals surface area contributed by atoms with Gasteiger partial charge in [0.1, 0.15) is 0 Å². The van der Waals surface area contributed by atoms with Gasteiger partial charge in [0.05, 0.1) is 7.11 Å². The average Bonchev–Trinajstić information content (AvgIpc) is 2.95. The van der Waals surface area contributed by atoms with Crippen LogP contribution < -0.4 is 15.4 Å². The van der Waals surface area contributed by atoms with Crippen molar-refractivity contribution in [3.8, 4) is 6.01 Å². The molecule has 0 amide bonds. The summed E-state index contributed by atoms with van der Waals surface area (Å²) in [4.78, 5) is 12.4. The molecule has 0 aromatic carbocycles. The normalized spacial score (nSPS) is 17.0. The Morgan fingerprint density at radius 1 is 1.20 bits per heavy atom. The summed E-state index contributed by atoms with van der Waals surface area (Å²) in [6, 6.07) is 0.320. The van der Waals surface area contributed by atoms with Crippen LogP contribution in [-0.2, 0) is 0 Å². The lowest BCUT2D eigenvalue weighted by molar-refractivity contribution is 0.379. The second-order valence-electron chi connectivity index (χ2n) is 3.90. The minimum absolute atomic E-state index is 0.150. The number of nitrogens with zero attached hydrogens (tertiary/aromatic N) is 3. The Morgan fingerprint density at radius 2 is 1.87 bits per heavy atom. The fraction of sp³-hybridized carbons (Fsp3) is 0.667. The minimum atomic E-state index is 0.150. The summed E-state index contributed by atoms with van der Waals surface area (Å²) in [5, 5.41) is 6.13. The molecule has 1 aromatic heterocycles. The Morgan fingerprint density at radius 3 is 2.40 bits per heavy atom. The molecule has 2 N–H and O–H groups in total. The van der Waals surface area contributed by atoms with Gasteiger partial charge in [0, 0.05) is 12.6 Å². The van der Waals surface area contributed by atoms with Gasteiger partial charge in [-0.15, -0.1) is 0 Å².